The van der Waals surface area contributed by atoms with Crippen molar-refractivity contribution in [2.75, 3.05) is 0 Å². The van der Waals surface area contributed by atoms with Crippen molar-refractivity contribution in [1.82, 2.24) is 10.3 Å². The molecule has 0 radical (unpaired) electrons. The minimum absolute atomic E-state index is 0.669. The average Bonchev–Trinajstić information content (AvgIpc) is 3.21. The Morgan fingerprint density at radius 2 is 2.05 bits per heavy atom. The van der Waals surface area contributed by atoms with Crippen LogP contribution < -0.4 is 10.1 Å². The van der Waals surface area contributed by atoms with E-state index in [1.807, 2.05) is 30.3 Å². The molecule has 2 aromatic rings. The van der Waals surface area contributed by atoms with E-state index in [2.05, 4.69) is 10.3 Å². The van der Waals surface area contributed by atoms with E-state index in [1.54, 1.807) is 12.3 Å². The summed E-state index contributed by atoms with van der Waals surface area (Å²) in [6, 6.07) is 11.9. The number of hydrogen-bond donors (Lipinski definition) is 1. The molecule has 1 saturated carbocycles. The van der Waals surface area contributed by atoms with E-state index in [1.165, 1.54) is 12.8 Å². The van der Waals surface area contributed by atoms with Crippen molar-refractivity contribution < 1.29 is 4.74 Å². The van der Waals surface area contributed by atoms with Crippen LogP contribution in [0.3, 0.4) is 0 Å². The number of aromatic nitrogens is 1. The van der Waals surface area contributed by atoms with Gasteiger partial charge < -0.3 is 10.1 Å². The zero-order valence-corrected chi connectivity index (χ0v) is 11.2. The van der Waals surface area contributed by atoms with Crippen LogP contribution in [0.25, 0.3) is 0 Å². The first kappa shape index (κ1) is 12.5. The lowest BCUT2D eigenvalue weighted by atomic mass is 10.3. The van der Waals surface area contributed by atoms with E-state index in [9.17, 15) is 0 Å². The Balaban J connectivity index is 1.67. The van der Waals surface area contributed by atoms with Gasteiger partial charge in [0.15, 0.2) is 0 Å². The van der Waals surface area contributed by atoms with Gasteiger partial charge in [0.1, 0.15) is 11.5 Å². The molecule has 1 aromatic carbocycles. The van der Waals surface area contributed by atoms with E-state index in [0.29, 0.717) is 11.1 Å². The van der Waals surface area contributed by atoms with Crippen LogP contribution in [0.15, 0.2) is 42.6 Å². The fourth-order valence-electron chi connectivity index (χ4n) is 1.82. The molecule has 98 valence electrons. The van der Waals surface area contributed by atoms with Gasteiger partial charge in [0.25, 0.3) is 0 Å². The summed E-state index contributed by atoms with van der Waals surface area (Å²) in [5.41, 5.74) is 0.992. The molecule has 1 heterocycles. The molecular formula is C15H15ClN2O. The third-order valence-corrected chi connectivity index (χ3v) is 3.20. The van der Waals surface area contributed by atoms with Crippen molar-refractivity contribution >= 4 is 11.6 Å². The Morgan fingerprint density at radius 1 is 1.21 bits per heavy atom. The van der Waals surface area contributed by atoms with E-state index in [0.717, 1.165) is 23.7 Å². The molecule has 1 aromatic heterocycles. The Labute approximate surface area is 117 Å². The van der Waals surface area contributed by atoms with Gasteiger partial charge in [0.2, 0.25) is 0 Å². The Kier molecular flexibility index (Phi) is 3.67. The molecule has 0 atom stereocenters. The first-order valence-electron chi connectivity index (χ1n) is 6.41. The summed E-state index contributed by atoms with van der Waals surface area (Å²) >= 11 is 5.93. The highest BCUT2D eigenvalue weighted by molar-refractivity contribution is 6.30. The molecule has 0 aliphatic heterocycles. The maximum absolute atomic E-state index is 5.93. The van der Waals surface area contributed by atoms with Crippen LogP contribution in [0.5, 0.6) is 11.5 Å². The number of halogens is 1. The summed E-state index contributed by atoms with van der Waals surface area (Å²) < 4.78 is 5.77. The second-order valence-electron chi connectivity index (χ2n) is 4.70. The molecule has 0 bridgehead atoms. The van der Waals surface area contributed by atoms with Gasteiger partial charge in [-0.3, -0.25) is 4.98 Å². The van der Waals surface area contributed by atoms with Gasteiger partial charge in [0, 0.05) is 29.9 Å². The number of nitrogens with one attached hydrogen (secondary N) is 1. The maximum Gasteiger partial charge on any atom is 0.130 e. The van der Waals surface area contributed by atoms with Gasteiger partial charge in [-0.1, -0.05) is 17.7 Å². The first-order chi connectivity index (χ1) is 9.29. The molecular weight excluding hydrogens is 260 g/mol. The summed E-state index contributed by atoms with van der Waals surface area (Å²) in [4.78, 5) is 4.33. The fraction of sp³-hybridized carbons (Fsp3) is 0.267. The summed E-state index contributed by atoms with van der Waals surface area (Å²) in [5.74, 6) is 1.52. The molecule has 0 saturated heterocycles. The predicted molar refractivity (Wildman–Crippen MR) is 75.6 cm³/mol. The molecule has 1 aliphatic rings. The Bertz CT molecular complexity index is 570. The van der Waals surface area contributed by atoms with Gasteiger partial charge in [-0.15, -0.1) is 0 Å². The van der Waals surface area contributed by atoms with E-state index >= 15 is 0 Å². The quantitative estimate of drug-likeness (QED) is 0.901. The van der Waals surface area contributed by atoms with Crippen LogP contribution in [0.1, 0.15) is 18.5 Å². The normalized spacial score (nSPS) is 14.4. The van der Waals surface area contributed by atoms with Crippen molar-refractivity contribution in [3.05, 3.63) is 53.3 Å². The third-order valence-electron chi connectivity index (χ3n) is 2.97. The second-order valence-corrected chi connectivity index (χ2v) is 5.13. The number of ether oxygens (including phenoxy) is 1. The largest absolute Gasteiger partial charge is 0.457 e. The lowest BCUT2D eigenvalue weighted by molar-refractivity contribution is 0.480. The van der Waals surface area contributed by atoms with Crippen LogP contribution in [0, 0.1) is 0 Å². The molecule has 3 nitrogen and oxygen atoms in total. The highest BCUT2D eigenvalue weighted by Gasteiger charge is 2.20. The van der Waals surface area contributed by atoms with Crippen LogP contribution in [0.4, 0.5) is 0 Å². The Hall–Kier alpha value is -1.58. The standard InChI is InChI=1S/C15H15ClN2O/c16-11-2-1-3-14(8-11)19-15-6-7-17-13(9-15)10-18-12-4-5-12/h1-3,6-9,12,18H,4-5,10H2. The van der Waals surface area contributed by atoms with Crippen molar-refractivity contribution in [3.63, 3.8) is 0 Å². The topological polar surface area (TPSA) is 34.1 Å². The highest BCUT2D eigenvalue weighted by Crippen LogP contribution is 2.24. The number of rotatable bonds is 5. The van der Waals surface area contributed by atoms with Gasteiger partial charge in [0.05, 0.1) is 5.69 Å². The zero-order chi connectivity index (χ0) is 13.1. The predicted octanol–water partition coefficient (Wildman–Crippen LogP) is 3.78. The van der Waals surface area contributed by atoms with Crippen molar-refractivity contribution in [3.8, 4) is 11.5 Å². The summed E-state index contributed by atoms with van der Waals surface area (Å²) in [6.07, 6.45) is 4.32. The summed E-state index contributed by atoms with van der Waals surface area (Å²) in [7, 11) is 0. The molecule has 0 unspecified atom stereocenters. The van der Waals surface area contributed by atoms with Crippen LogP contribution >= 0.6 is 11.6 Å². The number of hydrogen-bond acceptors (Lipinski definition) is 3. The maximum atomic E-state index is 5.93. The fourth-order valence-corrected chi connectivity index (χ4v) is 2.00. The molecule has 0 amide bonds. The Morgan fingerprint density at radius 3 is 2.84 bits per heavy atom. The van der Waals surface area contributed by atoms with Crippen LogP contribution in [-0.2, 0) is 6.54 Å². The van der Waals surface area contributed by atoms with E-state index in [4.69, 9.17) is 16.3 Å². The minimum Gasteiger partial charge on any atom is -0.457 e. The number of nitrogens with zero attached hydrogens (tertiary/aromatic N) is 1. The molecule has 3 rings (SSSR count). The average molecular weight is 275 g/mol. The summed E-state index contributed by atoms with van der Waals surface area (Å²) in [5, 5.41) is 4.10. The molecule has 1 fully saturated rings. The number of benzene rings is 1. The van der Waals surface area contributed by atoms with Crippen molar-refractivity contribution in [1.29, 1.82) is 0 Å². The molecule has 1 N–H and O–H groups in total. The molecule has 1 aliphatic carbocycles. The van der Waals surface area contributed by atoms with Gasteiger partial charge in [-0.25, -0.2) is 0 Å². The van der Waals surface area contributed by atoms with Crippen molar-refractivity contribution in [2.45, 2.75) is 25.4 Å². The van der Waals surface area contributed by atoms with E-state index < -0.39 is 0 Å². The SMILES string of the molecule is Clc1cccc(Oc2ccnc(CNC3CC3)c2)c1. The third kappa shape index (κ3) is 3.69. The smallest absolute Gasteiger partial charge is 0.130 e. The molecule has 0 spiro atoms. The van der Waals surface area contributed by atoms with Crippen LogP contribution in [-0.4, -0.2) is 11.0 Å². The number of pyridine rings is 1. The van der Waals surface area contributed by atoms with Gasteiger partial charge >= 0.3 is 0 Å². The highest BCUT2D eigenvalue weighted by atomic mass is 35.5. The minimum atomic E-state index is 0.669. The molecule has 4 heteroatoms. The summed E-state index contributed by atoms with van der Waals surface area (Å²) in [6.45, 7) is 0.789. The van der Waals surface area contributed by atoms with Gasteiger partial charge in [-0.2, -0.15) is 0 Å². The van der Waals surface area contributed by atoms with E-state index in [-0.39, 0.29) is 0 Å². The van der Waals surface area contributed by atoms with Gasteiger partial charge in [-0.05, 0) is 37.1 Å². The molecule has 19 heavy (non-hydrogen) atoms. The second kappa shape index (κ2) is 5.59. The lowest BCUT2D eigenvalue weighted by Gasteiger charge is -2.08. The van der Waals surface area contributed by atoms with Crippen molar-refractivity contribution in [2.24, 2.45) is 0 Å². The monoisotopic (exact) mass is 274 g/mol. The lowest BCUT2D eigenvalue weighted by Crippen LogP contribution is -2.16. The zero-order valence-electron chi connectivity index (χ0n) is 10.5. The van der Waals surface area contributed by atoms with Crippen LogP contribution in [0.2, 0.25) is 5.02 Å². The first-order valence-corrected chi connectivity index (χ1v) is 6.79.